The lowest BCUT2D eigenvalue weighted by Gasteiger charge is -2.21. The van der Waals surface area contributed by atoms with Crippen molar-refractivity contribution in [2.45, 2.75) is 13.0 Å². The van der Waals surface area contributed by atoms with Gasteiger partial charge in [-0.2, -0.15) is 0 Å². The Morgan fingerprint density at radius 1 is 1.39 bits per heavy atom. The van der Waals surface area contributed by atoms with Gasteiger partial charge in [0.15, 0.2) is 0 Å². The molecule has 0 unspecified atom stereocenters. The van der Waals surface area contributed by atoms with Crippen LogP contribution in [0.15, 0.2) is 18.2 Å². The number of nitro groups is 1. The summed E-state index contributed by atoms with van der Waals surface area (Å²) in [5.41, 5.74) is 1.20. The molecule has 0 bridgehead atoms. The highest BCUT2D eigenvalue weighted by Crippen LogP contribution is 2.29. The van der Waals surface area contributed by atoms with Crippen molar-refractivity contribution in [2.75, 3.05) is 31.2 Å². The molecular formula is C12H16N2O4. The smallest absolute Gasteiger partial charge is 0.292 e. The molecule has 0 aliphatic carbocycles. The summed E-state index contributed by atoms with van der Waals surface area (Å²) in [6.45, 7) is 2.49. The third-order valence-corrected chi connectivity index (χ3v) is 2.98. The zero-order valence-corrected chi connectivity index (χ0v) is 10.0. The molecular weight excluding hydrogens is 236 g/mol. The number of nitro benzene ring substituents is 1. The van der Waals surface area contributed by atoms with Gasteiger partial charge >= 0.3 is 0 Å². The second kappa shape index (κ2) is 5.79. The Bertz CT molecular complexity index is 428. The van der Waals surface area contributed by atoms with Gasteiger partial charge < -0.3 is 14.7 Å². The second-order valence-electron chi connectivity index (χ2n) is 4.19. The molecule has 18 heavy (non-hydrogen) atoms. The SMILES string of the molecule is O=[N+]([O-])c1cc(CO)ccc1N1CCCOCC1. The van der Waals surface area contributed by atoms with Gasteiger partial charge in [0, 0.05) is 25.8 Å². The van der Waals surface area contributed by atoms with Crippen LogP contribution in [0.3, 0.4) is 0 Å². The summed E-state index contributed by atoms with van der Waals surface area (Å²) in [7, 11) is 0. The number of aliphatic hydroxyl groups excluding tert-OH is 1. The summed E-state index contributed by atoms with van der Waals surface area (Å²) in [6.07, 6.45) is 0.860. The van der Waals surface area contributed by atoms with E-state index in [-0.39, 0.29) is 12.3 Å². The molecule has 1 aromatic carbocycles. The van der Waals surface area contributed by atoms with Crippen LogP contribution in [0.1, 0.15) is 12.0 Å². The van der Waals surface area contributed by atoms with Crippen LogP contribution in [0.25, 0.3) is 0 Å². The number of hydrogen-bond donors (Lipinski definition) is 1. The number of hydrogen-bond acceptors (Lipinski definition) is 5. The second-order valence-corrected chi connectivity index (χ2v) is 4.19. The molecule has 1 saturated heterocycles. The molecule has 6 heteroatoms. The predicted octanol–water partition coefficient (Wildman–Crippen LogP) is 1.31. The Morgan fingerprint density at radius 3 is 2.94 bits per heavy atom. The van der Waals surface area contributed by atoms with E-state index in [4.69, 9.17) is 9.84 Å². The molecule has 0 radical (unpaired) electrons. The normalized spacial score (nSPS) is 16.4. The number of rotatable bonds is 3. The number of benzene rings is 1. The Labute approximate surface area is 105 Å². The molecule has 6 nitrogen and oxygen atoms in total. The Hall–Kier alpha value is -1.66. The minimum absolute atomic E-state index is 0.0449. The van der Waals surface area contributed by atoms with Crippen LogP contribution in [0, 0.1) is 10.1 Å². The lowest BCUT2D eigenvalue weighted by Crippen LogP contribution is -2.26. The molecule has 1 aliphatic heterocycles. The average molecular weight is 252 g/mol. The van der Waals surface area contributed by atoms with Gasteiger partial charge in [-0.05, 0) is 18.1 Å². The molecule has 1 aliphatic rings. The molecule has 0 aromatic heterocycles. The molecule has 2 rings (SSSR count). The van der Waals surface area contributed by atoms with Crippen molar-refractivity contribution in [3.63, 3.8) is 0 Å². The topological polar surface area (TPSA) is 75.8 Å². The first-order chi connectivity index (χ1) is 8.72. The Balaban J connectivity index is 2.32. The van der Waals surface area contributed by atoms with Gasteiger partial charge in [0.2, 0.25) is 0 Å². The van der Waals surface area contributed by atoms with E-state index in [1.165, 1.54) is 6.07 Å². The predicted molar refractivity (Wildman–Crippen MR) is 66.7 cm³/mol. The number of aliphatic hydroxyl groups is 1. The fourth-order valence-corrected chi connectivity index (χ4v) is 2.07. The van der Waals surface area contributed by atoms with Crippen molar-refractivity contribution < 1.29 is 14.8 Å². The lowest BCUT2D eigenvalue weighted by molar-refractivity contribution is -0.384. The van der Waals surface area contributed by atoms with Crippen molar-refractivity contribution >= 4 is 11.4 Å². The highest BCUT2D eigenvalue weighted by Gasteiger charge is 2.20. The fraction of sp³-hybridized carbons (Fsp3) is 0.500. The summed E-state index contributed by atoms with van der Waals surface area (Å²) < 4.78 is 5.34. The van der Waals surface area contributed by atoms with Crippen molar-refractivity contribution in [3.05, 3.63) is 33.9 Å². The summed E-state index contributed by atoms with van der Waals surface area (Å²) in [6, 6.07) is 4.85. The standard InChI is InChI=1S/C12H16N2O4/c15-9-10-2-3-11(12(8-10)14(16)17)13-4-1-6-18-7-5-13/h2-3,8,15H,1,4-7,9H2. The largest absolute Gasteiger partial charge is 0.392 e. The monoisotopic (exact) mass is 252 g/mol. The Morgan fingerprint density at radius 2 is 2.22 bits per heavy atom. The van der Waals surface area contributed by atoms with Gasteiger partial charge in [-0.1, -0.05) is 6.07 Å². The van der Waals surface area contributed by atoms with Crippen LogP contribution in [-0.2, 0) is 11.3 Å². The van der Waals surface area contributed by atoms with Gasteiger partial charge in [-0.25, -0.2) is 0 Å². The summed E-state index contributed by atoms with van der Waals surface area (Å²) in [5, 5.41) is 20.1. The highest BCUT2D eigenvalue weighted by atomic mass is 16.6. The van der Waals surface area contributed by atoms with E-state index >= 15 is 0 Å². The van der Waals surface area contributed by atoms with Gasteiger partial charge in [-0.3, -0.25) is 10.1 Å². The minimum atomic E-state index is -0.403. The molecule has 0 atom stereocenters. The van der Waals surface area contributed by atoms with Crippen molar-refractivity contribution in [1.82, 2.24) is 0 Å². The molecule has 1 aromatic rings. The quantitative estimate of drug-likeness (QED) is 0.648. The first-order valence-corrected chi connectivity index (χ1v) is 5.93. The average Bonchev–Trinajstić information content (AvgIpc) is 2.66. The van der Waals surface area contributed by atoms with Crippen LogP contribution >= 0.6 is 0 Å². The first kappa shape index (κ1) is 12.8. The highest BCUT2D eigenvalue weighted by molar-refractivity contribution is 5.64. The molecule has 0 saturated carbocycles. The molecule has 98 valence electrons. The van der Waals surface area contributed by atoms with E-state index < -0.39 is 4.92 Å². The van der Waals surface area contributed by atoms with Gasteiger partial charge in [0.1, 0.15) is 5.69 Å². The van der Waals surface area contributed by atoms with Gasteiger partial charge in [0.25, 0.3) is 5.69 Å². The van der Waals surface area contributed by atoms with Crippen LogP contribution in [0.2, 0.25) is 0 Å². The van der Waals surface area contributed by atoms with Crippen molar-refractivity contribution in [3.8, 4) is 0 Å². The summed E-state index contributed by atoms with van der Waals surface area (Å²) >= 11 is 0. The molecule has 1 N–H and O–H groups in total. The van der Waals surface area contributed by atoms with E-state index in [1.54, 1.807) is 12.1 Å². The number of ether oxygens (including phenoxy) is 1. The van der Waals surface area contributed by atoms with Crippen LogP contribution in [0.4, 0.5) is 11.4 Å². The minimum Gasteiger partial charge on any atom is -0.392 e. The van der Waals surface area contributed by atoms with Crippen molar-refractivity contribution in [2.24, 2.45) is 0 Å². The Kier molecular flexibility index (Phi) is 4.11. The van der Waals surface area contributed by atoms with E-state index in [0.717, 1.165) is 13.0 Å². The third-order valence-electron chi connectivity index (χ3n) is 2.98. The van der Waals surface area contributed by atoms with Gasteiger partial charge in [-0.15, -0.1) is 0 Å². The molecule has 1 heterocycles. The molecule has 1 fully saturated rings. The van der Waals surface area contributed by atoms with E-state index in [1.807, 2.05) is 4.90 Å². The maximum atomic E-state index is 11.1. The zero-order valence-electron chi connectivity index (χ0n) is 10.0. The number of anilines is 1. The van der Waals surface area contributed by atoms with E-state index in [2.05, 4.69) is 0 Å². The maximum Gasteiger partial charge on any atom is 0.292 e. The van der Waals surface area contributed by atoms with Gasteiger partial charge in [0.05, 0.1) is 18.1 Å². The van der Waals surface area contributed by atoms with Crippen LogP contribution in [0.5, 0.6) is 0 Å². The molecule has 0 spiro atoms. The number of nitrogens with zero attached hydrogens (tertiary/aromatic N) is 2. The van der Waals surface area contributed by atoms with Crippen LogP contribution < -0.4 is 4.90 Å². The maximum absolute atomic E-state index is 11.1. The molecule has 0 amide bonds. The zero-order chi connectivity index (χ0) is 13.0. The summed E-state index contributed by atoms with van der Waals surface area (Å²) in [5.74, 6) is 0. The first-order valence-electron chi connectivity index (χ1n) is 5.93. The van der Waals surface area contributed by atoms with Crippen LogP contribution in [-0.4, -0.2) is 36.3 Å². The lowest BCUT2D eigenvalue weighted by atomic mass is 10.1. The third kappa shape index (κ3) is 2.77. The van der Waals surface area contributed by atoms with E-state index in [0.29, 0.717) is 31.0 Å². The van der Waals surface area contributed by atoms with E-state index in [9.17, 15) is 10.1 Å². The summed E-state index contributed by atoms with van der Waals surface area (Å²) in [4.78, 5) is 12.6. The van der Waals surface area contributed by atoms with Crippen molar-refractivity contribution in [1.29, 1.82) is 0 Å². The fourth-order valence-electron chi connectivity index (χ4n) is 2.07.